The molecule has 86 heavy (non-hydrogen) atoms. The lowest BCUT2D eigenvalue weighted by atomic mass is 10.0. The van der Waals surface area contributed by atoms with Crippen LogP contribution in [-0.4, -0.2) is 137 Å². The van der Waals surface area contributed by atoms with Gasteiger partial charge >= 0.3 is 10.6 Å². The first-order valence-corrected chi connectivity index (χ1v) is 34.3. The minimum Gasteiger partial charge on any atom is -0.493 e. The molecular weight excluding hydrogens is 1300 g/mol. The van der Waals surface area contributed by atoms with Crippen LogP contribution in [0.25, 0.3) is 37.7 Å². The molecule has 0 aliphatic rings. The van der Waals surface area contributed by atoms with E-state index in [4.69, 9.17) is 21.9 Å². The monoisotopic (exact) mass is 1340 g/mol. The van der Waals surface area contributed by atoms with Gasteiger partial charge in [0, 0.05) is 27.5 Å². The molecule has 8 rings (SSSR count). The number of aromatic nitrogens is 3. The van der Waals surface area contributed by atoms with Crippen LogP contribution in [0.3, 0.4) is 0 Å². The lowest BCUT2D eigenvalue weighted by Crippen LogP contribution is -2.08. The molecule has 5 aromatic carbocycles. The standard InChI is InChI=1S/C45H40N10O16S6.CH4O3S.O3S/c1-23-13-34(51-53-40-24(2)30(20-46)43-47-31-7-3-4-8-36(31)55(43)44(40)58)37(71-9-5-11-74(59,60)61)18-32(23)49-52-35-15-26(22-57)33(19-38(35)72-10-6-12-75(62,63)64)50-54-45-48-41-39(77(68,69)70)17-28-25(21-56)14-27(76(65,66)67)16-29(28)42(41)73-45;1-5(2,3)4;1-4(2)3/h3-4,7-8,13-19,56-58H,5-6,9-12,21-22H2,1-2H3,(H,59,60,61)(H,62,63,64)(H,65,66,67)(H,68,69,70);1H3,(H,2,3,4);. The van der Waals surface area contributed by atoms with Crippen molar-refractivity contribution in [2.45, 2.75) is 54.6 Å². The molecule has 0 spiro atoms. The summed E-state index contributed by atoms with van der Waals surface area (Å²) in [7, 11) is -25.3. The van der Waals surface area contributed by atoms with Gasteiger partial charge < -0.3 is 20.1 Å². The maximum absolute atomic E-state index is 12.6. The van der Waals surface area contributed by atoms with Gasteiger partial charge in [0.25, 0.3) is 50.6 Å². The number of nitrogens with zero attached hydrogens (tertiary/aromatic N) is 10. The zero-order chi connectivity index (χ0) is 63.9. The predicted molar refractivity (Wildman–Crippen MR) is 308 cm³/mol. The lowest BCUT2D eigenvalue weighted by Gasteiger charge is -2.12. The Morgan fingerprint density at radius 1 is 0.709 bits per heavy atom. The second-order valence-corrected chi connectivity index (χ2v) is 27.5. The smallest absolute Gasteiger partial charge is 0.425 e. The van der Waals surface area contributed by atoms with Crippen LogP contribution in [0.2, 0.25) is 0 Å². The number of rotatable bonds is 20. The number of pyridine rings is 1. The van der Waals surface area contributed by atoms with E-state index >= 15 is 0 Å². The molecule has 458 valence electrons. The molecule has 8 N–H and O–H groups in total. The molecule has 40 heteroatoms. The molecule has 8 aromatic rings. The number of aliphatic hydroxyl groups excluding tert-OH is 2. The molecule has 0 amide bonds. The third-order valence-electron chi connectivity index (χ3n) is 11.4. The molecule has 0 bridgehead atoms. The van der Waals surface area contributed by atoms with Crippen molar-refractivity contribution in [1.82, 2.24) is 14.4 Å². The fourth-order valence-corrected chi connectivity index (χ4v) is 12.1. The van der Waals surface area contributed by atoms with Crippen LogP contribution in [0.4, 0.5) is 33.6 Å². The second-order valence-electron chi connectivity index (χ2n) is 17.6. The zero-order valence-corrected chi connectivity index (χ0v) is 50.6. The van der Waals surface area contributed by atoms with Crippen LogP contribution < -0.4 is 4.74 Å². The van der Waals surface area contributed by atoms with Gasteiger partial charge in [-0.1, -0.05) is 23.5 Å². The topological polar surface area (TPSA) is 521 Å². The van der Waals surface area contributed by atoms with Crippen LogP contribution in [-0.2, 0) is 74.4 Å². The number of fused-ring (bicyclic) bond motifs is 6. The number of aromatic hydroxyl groups is 1. The summed E-state index contributed by atoms with van der Waals surface area (Å²) >= 11 is 1.76. The van der Waals surface area contributed by atoms with Crippen molar-refractivity contribution in [3.63, 3.8) is 0 Å². The Bertz CT molecular complexity index is 4850. The molecule has 0 aliphatic carbocycles. The molecule has 0 radical (unpaired) electrons. The van der Waals surface area contributed by atoms with Crippen LogP contribution in [0, 0.1) is 25.2 Å². The van der Waals surface area contributed by atoms with Crippen LogP contribution in [0.15, 0.2) is 112 Å². The summed E-state index contributed by atoms with van der Waals surface area (Å²) in [5.41, 5.74) is 1.85. The summed E-state index contributed by atoms with van der Waals surface area (Å²) in [6, 6.07) is 17.6. The number of benzene rings is 5. The van der Waals surface area contributed by atoms with Crippen LogP contribution in [0.5, 0.6) is 11.6 Å². The van der Waals surface area contributed by atoms with E-state index in [1.165, 1.54) is 28.7 Å². The first kappa shape index (κ1) is 67.7. The molecule has 0 unspecified atom stereocenters. The number of para-hydroxylation sites is 2. The summed E-state index contributed by atoms with van der Waals surface area (Å²) in [5, 5.41) is 68.0. The Labute approximate surface area is 497 Å². The van der Waals surface area contributed by atoms with E-state index in [9.17, 15) is 80.9 Å². The Morgan fingerprint density at radius 2 is 1.31 bits per heavy atom. The second kappa shape index (κ2) is 27.5. The van der Waals surface area contributed by atoms with E-state index in [0.29, 0.717) is 34.2 Å². The van der Waals surface area contributed by atoms with E-state index in [0.717, 1.165) is 30.0 Å². The summed E-state index contributed by atoms with van der Waals surface area (Å²) in [6.45, 7) is 1.46. The SMILES string of the molecule is CS(=O)(=O)O.Cc1cc(N=Nc2c(C)c(C#N)c3nc4ccccc4n3c2O)c(OCCCS(=O)(=O)O)cc1N=Nc1cc(CO)c(N=Nc2nc3c(S(=O)(=O)O)cc4c(CO)cc(S(=O)(=O)O)cc4c3s2)cc1SCCCS(=O)(=O)O.O=S(=O)=O. The maximum atomic E-state index is 12.6. The first-order chi connectivity index (χ1) is 40.0. The zero-order valence-electron chi connectivity index (χ0n) is 44.0. The minimum atomic E-state index is -5.00. The fraction of sp³-hybridized carbons (Fsp3) is 0.239. The fourth-order valence-electron chi connectivity index (χ4n) is 7.77. The van der Waals surface area contributed by atoms with Gasteiger partial charge in [-0.2, -0.15) is 52.5 Å². The van der Waals surface area contributed by atoms with Crippen molar-refractivity contribution in [2.75, 3.05) is 30.1 Å². The lowest BCUT2D eigenvalue weighted by molar-refractivity contribution is 0.282. The Kier molecular flexibility index (Phi) is 21.6. The van der Waals surface area contributed by atoms with E-state index < -0.39 is 95.7 Å². The van der Waals surface area contributed by atoms with E-state index in [2.05, 4.69) is 46.7 Å². The summed E-state index contributed by atoms with van der Waals surface area (Å²) < 4.78 is 193. The predicted octanol–water partition coefficient (Wildman–Crippen LogP) is 7.70. The molecule has 0 saturated heterocycles. The van der Waals surface area contributed by atoms with Crippen LogP contribution >= 0.6 is 23.1 Å². The van der Waals surface area contributed by atoms with Gasteiger partial charge in [-0.15, -0.1) is 50.0 Å². The van der Waals surface area contributed by atoms with Crippen molar-refractivity contribution in [2.24, 2.45) is 30.7 Å². The van der Waals surface area contributed by atoms with Crippen molar-refractivity contribution in [3.8, 4) is 17.7 Å². The van der Waals surface area contributed by atoms with Gasteiger partial charge in [-0.25, -0.2) is 9.97 Å². The Balaban J connectivity index is 0.00000122. The van der Waals surface area contributed by atoms with E-state index in [1.807, 2.05) is 0 Å². The molecule has 32 nitrogen and oxygen atoms in total. The normalized spacial score (nSPS) is 12.5. The summed E-state index contributed by atoms with van der Waals surface area (Å²) in [6.07, 6.45) is 0.514. The van der Waals surface area contributed by atoms with E-state index in [-0.39, 0.29) is 124 Å². The molecular formula is C46H44N10O22S8. The number of azo groups is 3. The molecule has 0 aliphatic heterocycles. The van der Waals surface area contributed by atoms with Gasteiger partial charge in [0.2, 0.25) is 11.0 Å². The molecule has 0 fully saturated rings. The van der Waals surface area contributed by atoms with Crippen molar-refractivity contribution in [1.29, 1.82) is 5.26 Å². The van der Waals surface area contributed by atoms with Gasteiger partial charge in [0.15, 0.2) is 11.3 Å². The highest BCUT2D eigenvalue weighted by molar-refractivity contribution is 7.99. The van der Waals surface area contributed by atoms with Gasteiger partial charge in [0.1, 0.15) is 33.5 Å². The minimum absolute atomic E-state index is 0.00547. The Hall–Kier alpha value is -7.47. The number of aliphatic hydroxyl groups is 2. The van der Waals surface area contributed by atoms with Gasteiger partial charge in [0.05, 0.1) is 75.3 Å². The average Bonchev–Trinajstić information content (AvgIpc) is 1.51. The maximum Gasteiger partial charge on any atom is 0.425 e. The number of hydrogen-bond acceptors (Lipinski definition) is 28. The van der Waals surface area contributed by atoms with E-state index in [1.54, 1.807) is 38.1 Å². The highest BCUT2D eigenvalue weighted by atomic mass is 32.2. The number of aryl methyl sites for hydroxylation is 1. The first-order valence-electron chi connectivity index (χ1n) is 23.5. The van der Waals surface area contributed by atoms with Crippen molar-refractivity contribution < 1.29 is 97.5 Å². The number of hydrogen-bond donors (Lipinski definition) is 8. The van der Waals surface area contributed by atoms with Gasteiger partial charge in [-0.05, 0) is 97.5 Å². The molecule has 0 saturated carbocycles. The Morgan fingerprint density at radius 3 is 1.92 bits per heavy atom. The largest absolute Gasteiger partial charge is 0.493 e. The van der Waals surface area contributed by atoms with Gasteiger partial charge in [-0.3, -0.25) is 27.2 Å². The molecule has 3 heterocycles. The number of imidazole rings is 1. The summed E-state index contributed by atoms with van der Waals surface area (Å²) in [4.78, 5) is 7.68. The highest BCUT2D eigenvalue weighted by Gasteiger charge is 2.25. The molecule has 0 atom stereocenters. The molecule has 3 aromatic heterocycles. The van der Waals surface area contributed by atoms with Crippen molar-refractivity contribution in [3.05, 3.63) is 94.5 Å². The summed E-state index contributed by atoms with van der Waals surface area (Å²) in [5.74, 6) is -1.54. The van der Waals surface area contributed by atoms with Crippen LogP contribution in [0.1, 0.15) is 40.7 Å². The number of nitriles is 1. The quantitative estimate of drug-likeness (QED) is 0.0157. The number of thioether (sulfide) groups is 1. The van der Waals surface area contributed by atoms with Crippen molar-refractivity contribution >= 4 is 156 Å². The highest BCUT2D eigenvalue weighted by Crippen LogP contribution is 2.44. The average molecular weight is 1350 g/mol. The third-order valence-corrected chi connectivity index (χ3v) is 16.8. The number of ether oxygens (including phenoxy) is 1. The number of thiazole rings is 1. The third kappa shape index (κ3) is 17.8.